The molecule has 0 bridgehead atoms. The molecule has 0 aliphatic heterocycles. The molecule has 0 aliphatic carbocycles. The van der Waals surface area contributed by atoms with Crippen molar-refractivity contribution in [2.75, 3.05) is 6.61 Å². The summed E-state index contributed by atoms with van der Waals surface area (Å²) in [6.45, 7) is 1.92. The molecular formula is C12H9BrClNO2. The first kappa shape index (κ1) is 13.8. The molecule has 1 aromatic rings. The summed E-state index contributed by atoms with van der Waals surface area (Å²) in [6, 6.07) is 6.89. The van der Waals surface area contributed by atoms with Gasteiger partial charge in [-0.15, -0.1) is 0 Å². The normalized spacial score (nSPS) is 10.8. The molecule has 0 spiro atoms. The Bertz CT molecular complexity index is 506. The zero-order valence-corrected chi connectivity index (χ0v) is 11.4. The fourth-order valence-corrected chi connectivity index (χ4v) is 1.92. The topological polar surface area (TPSA) is 50.1 Å². The lowest BCUT2D eigenvalue weighted by Crippen LogP contribution is -2.06. The molecule has 0 N–H and O–H groups in total. The number of nitriles is 1. The monoisotopic (exact) mass is 313 g/mol. The second-order valence-electron chi connectivity index (χ2n) is 3.06. The van der Waals surface area contributed by atoms with E-state index in [1.165, 1.54) is 6.08 Å². The van der Waals surface area contributed by atoms with Gasteiger partial charge in [0, 0.05) is 9.50 Å². The zero-order valence-electron chi connectivity index (χ0n) is 9.04. The van der Waals surface area contributed by atoms with E-state index in [2.05, 4.69) is 15.9 Å². The molecule has 0 fully saturated rings. The van der Waals surface area contributed by atoms with Crippen molar-refractivity contribution in [2.24, 2.45) is 0 Å². The van der Waals surface area contributed by atoms with Gasteiger partial charge in [-0.05, 0) is 30.7 Å². The van der Waals surface area contributed by atoms with Crippen LogP contribution in [0.25, 0.3) is 6.08 Å². The number of carbonyl (C=O) groups excluding carboxylic acids is 1. The van der Waals surface area contributed by atoms with E-state index in [1.807, 2.05) is 6.07 Å². The van der Waals surface area contributed by atoms with Crippen LogP contribution < -0.4 is 0 Å². The summed E-state index contributed by atoms with van der Waals surface area (Å²) in [5.74, 6) is -0.628. The Labute approximate surface area is 113 Å². The smallest absolute Gasteiger partial charge is 0.348 e. The predicted octanol–water partition coefficient (Wildman–Crippen LogP) is 3.57. The molecule has 1 rings (SSSR count). The third kappa shape index (κ3) is 3.88. The molecule has 0 amide bonds. The number of hydrogen-bond acceptors (Lipinski definition) is 3. The Hall–Kier alpha value is -1.31. The maximum absolute atomic E-state index is 11.4. The third-order valence-corrected chi connectivity index (χ3v) is 2.80. The van der Waals surface area contributed by atoms with Gasteiger partial charge in [-0.1, -0.05) is 33.6 Å². The summed E-state index contributed by atoms with van der Waals surface area (Å²) in [5.41, 5.74) is 0.647. The first-order valence-electron chi connectivity index (χ1n) is 4.82. The number of benzene rings is 1. The number of esters is 1. The highest BCUT2D eigenvalue weighted by Gasteiger charge is 2.10. The third-order valence-electron chi connectivity index (χ3n) is 1.88. The van der Waals surface area contributed by atoms with E-state index in [0.717, 1.165) is 0 Å². The largest absolute Gasteiger partial charge is 0.462 e. The van der Waals surface area contributed by atoms with Crippen LogP contribution in [0.3, 0.4) is 0 Å². The van der Waals surface area contributed by atoms with Gasteiger partial charge >= 0.3 is 5.97 Å². The van der Waals surface area contributed by atoms with Crippen LogP contribution in [0.15, 0.2) is 28.2 Å². The summed E-state index contributed by atoms with van der Waals surface area (Å²) in [4.78, 5) is 11.4. The van der Waals surface area contributed by atoms with Crippen molar-refractivity contribution in [1.29, 1.82) is 5.26 Å². The zero-order chi connectivity index (χ0) is 12.8. The van der Waals surface area contributed by atoms with Gasteiger partial charge in [-0.25, -0.2) is 4.79 Å². The molecular weight excluding hydrogens is 305 g/mol. The van der Waals surface area contributed by atoms with Crippen LogP contribution in [0.1, 0.15) is 12.5 Å². The number of hydrogen-bond donors (Lipinski definition) is 0. The van der Waals surface area contributed by atoms with E-state index in [0.29, 0.717) is 15.1 Å². The van der Waals surface area contributed by atoms with Crippen molar-refractivity contribution in [2.45, 2.75) is 6.92 Å². The minimum Gasteiger partial charge on any atom is -0.462 e. The first-order chi connectivity index (χ1) is 8.08. The molecule has 0 atom stereocenters. The molecule has 0 saturated heterocycles. The van der Waals surface area contributed by atoms with Crippen LogP contribution in [0.4, 0.5) is 0 Å². The van der Waals surface area contributed by atoms with Crippen molar-refractivity contribution < 1.29 is 9.53 Å². The molecule has 0 radical (unpaired) electrons. The average Bonchev–Trinajstić information content (AvgIpc) is 2.28. The Kier molecular flexibility index (Phi) is 5.20. The SMILES string of the molecule is CCOC(=O)C(C#N)=Cc1ccc(Cl)cc1Br. The van der Waals surface area contributed by atoms with Crippen LogP contribution >= 0.6 is 27.5 Å². The molecule has 0 saturated carbocycles. The molecule has 0 heterocycles. The fourth-order valence-electron chi connectivity index (χ4n) is 1.12. The highest BCUT2D eigenvalue weighted by Crippen LogP contribution is 2.23. The van der Waals surface area contributed by atoms with E-state index in [9.17, 15) is 4.79 Å². The predicted molar refractivity (Wildman–Crippen MR) is 69.4 cm³/mol. The van der Waals surface area contributed by atoms with Crippen LogP contribution in [-0.4, -0.2) is 12.6 Å². The number of rotatable bonds is 3. The van der Waals surface area contributed by atoms with Gasteiger partial charge in [-0.3, -0.25) is 0 Å². The highest BCUT2D eigenvalue weighted by molar-refractivity contribution is 9.10. The average molecular weight is 315 g/mol. The minimum atomic E-state index is -0.628. The van der Waals surface area contributed by atoms with Gasteiger partial charge in [-0.2, -0.15) is 5.26 Å². The first-order valence-corrected chi connectivity index (χ1v) is 5.99. The van der Waals surface area contributed by atoms with E-state index in [4.69, 9.17) is 21.6 Å². The summed E-state index contributed by atoms with van der Waals surface area (Å²) < 4.78 is 5.47. The van der Waals surface area contributed by atoms with Gasteiger partial charge in [0.05, 0.1) is 6.61 Å². The van der Waals surface area contributed by atoms with Crippen molar-refractivity contribution >= 4 is 39.6 Å². The van der Waals surface area contributed by atoms with E-state index >= 15 is 0 Å². The Balaban J connectivity index is 3.07. The second kappa shape index (κ2) is 6.43. The Morgan fingerprint density at radius 3 is 2.88 bits per heavy atom. The number of nitrogens with zero attached hydrogens (tertiary/aromatic N) is 1. The number of halogens is 2. The van der Waals surface area contributed by atoms with E-state index in [-0.39, 0.29) is 12.2 Å². The van der Waals surface area contributed by atoms with Crippen molar-refractivity contribution in [3.63, 3.8) is 0 Å². The van der Waals surface area contributed by atoms with Crippen molar-refractivity contribution in [1.82, 2.24) is 0 Å². The van der Waals surface area contributed by atoms with Crippen molar-refractivity contribution in [3.05, 3.63) is 38.8 Å². The Morgan fingerprint density at radius 1 is 1.65 bits per heavy atom. The van der Waals surface area contributed by atoms with E-state index in [1.54, 1.807) is 25.1 Å². The van der Waals surface area contributed by atoms with Crippen LogP contribution in [0, 0.1) is 11.3 Å². The fraction of sp³-hybridized carbons (Fsp3) is 0.167. The summed E-state index contributed by atoms with van der Waals surface area (Å²) in [7, 11) is 0. The molecule has 88 valence electrons. The second-order valence-corrected chi connectivity index (χ2v) is 4.35. The molecule has 0 unspecified atom stereocenters. The lowest BCUT2D eigenvalue weighted by molar-refractivity contribution is -0.137. The minimum absolute atomic E-state index is 0.0464. The maximum atomic E-state index is 11.4. The molecule has 17 heavy (non-hydrogen) atoms. The van der Waals surface area contributed by atoms with E-state index < -0.39 is 5.97 Å². The van der Waals surface area contributed by atoms with Gasteiger partial charge < -0.3 is 4.74 Å². The molecule has 0 aromatic heterocycles. The quantitative estimate of drug-likeness (QED) is 0.487. The highest BCUT2D eigenvalue weighted by atomic mass is 79.9. The van der Waals surface area contributed by atoms with Crippen LogP contribution in [-0.2, 0) is 9.53 Å². The molecule has 1 aromatic carbocycles. The molecule has 0 aliphatic rings. The van der Waals surface area contributed by atoms with Crippen molar-refractivity contribution in [3.8, 4) is 6.07 Å². The number of ether oxygens (including phenoxy) is 1. The van der Waals surface area contributed by atoms with Gasteiger partial charge in [0.2, 0.25) is 0 Å². The summed E-state index contributed by atoms with van der Waals surface area (Å²) >= 11 is 9.09. The lowest BCUT2D eigenvalue weighted by atomic mass is 10.1. The van der Waals surface area contributed by atoms with Crippen LogP contribution in [0.5, 0.6) is 0 Å². The van der Waals surface area contributed by atoms with Gasteiger partial charge in [0.1, 0.15) is 11.6 Å². The van der Waals surface area contributed by atoms with Gasteiger partial charge in [0.15, 0.2) is 0 Å². The summed E-state index contributed by atoms with van der Waals surface area (Å²) in [5, 5.41) is 9.44. The number of carbonyl (C=O) groups is 1. The Morgan fingerprint density at radius 2 is 2.35 bits per heavy atom. The molecule has 3 nitrogen and oxygen atoms in total. The lowest BCUT2D eigenvalue weighted by Gasteiger charge is -2.02. The standard InChI is InChI=1S/C12H9BrClNO2/c1-2-17-12(16)9(7-15)5-8-3-4-10(14)6-11(8)13/h3-6H,2H2,1H3. The van der Waals surface area contributed by atoms with Crippen LogP contribution in [0.2, 0.25) is 5.02 Å². The van der Waals surface area contributed by atoms with Gasteiger partial charge in [0.25, 0.3) is 0 Å². The maximum Gasteiger partial charge on any atom is 0.348 e. The molecule has 5 heteroatoms. The summed E-state index contributed by atoms with van der Waals surface area (Å²) in [6.07, 6.45) is 1.46.